The minimum atomic E-state index is -0.206. The monoisotopic (exact) mass is 357 g/mol. The van der Waals surface area contributed by atoms with Crippen LogP contribution in [0.25, 0.3) is 11.1 Å². The summed E-state index contributed by atoms with van der Waals surface area (Å²) >= 11 is 1.57. The van der Waals surface area contributed by atoms with Crippen LogP contribution < -0.4 is 10.6 Å². The maximum atomic E-state index is 12.8. The van der Waals surface area contributed by atoms with Gasteiger partial charge in [-0.2, -0.15) is 0 Å². The van der Waals surface area contributed by atoms with Crippen LogP contribution >= 0.6 is 11.3 Å². The molecule has 1 aliphatic carbocycles. The smallest absolute Gasteiger partial charge is 0.256 e. The second-order valence-corrected chi connectivity index (χ2v) is 7.99. The van der Waals surface area contributed by atoms with Crippen LogP contribution in [0.2, 0.25) is 0 Å². The van der Waals surface area contributed by atoms with E-state index in [-0.39, 0.29) is 11.4 Å². The molecule has 0 unspecified atom stereocenters. The maximum Gasteiger partial charge on any atom is 0.256 e. The zero-order valence-corrected chi connectivity index (χ0v) is 15.2. The Labute approximate surface area is 148 Å². The van der Waals surface area contributed by atoms with Gasteiger partial charge in [-0.15, -0.1) is 11.3 Å². The third kappa shape index (κ3) is 3.09. The van der Waals surface area contributed by atoms with Crippen LogP contribution in [-0.2, 0) is 6.54 Å². The first-order chi connectivity index (χ1) is 12.0. The van der Waals surface area contributed by atoms with E-state index in [0.29, 0.717) is 34.8 Å². The van der Waals surface area contributed by atoms with Crippen LogP contribution in [0.1, 0.15) is 45.8 Å². The Morgan fingerprint density at radius 3 is 2.80 bits per heavy atom. The Morgan fingerprint density at radius 1 is 1.32 bits per heavy atom. The van der Waals surface area contributed by atoms with Crippen molar-refractivity contribution >= 4 is 34.2 Å². The summed E-state index contributed by atoms with van der Waals surface area (Å²) in [7, 11) is 0. The fourth-order valence-electron chi connectivity index (χ4n) is 2.74. The first kappa shape index (κ1) is 16.0. The summed E-state index contributed by atoms with van der Waals surface area (Å²) < 4.78 is 5.69. The van der Waals surface area contributed by atoms with Gasteiger partial charge < -0.3 is 15.1 Å². The van der Waals surface area contributed by atoms with Gasteiger partial charge in [0.25, 0.3) is 5.91 Å². The number of amides is 1. The SMILES string of the molecule is Cc1cnc(CNC(=O)c2c(C)oc3ncnc(NC4(C)CC4)c23)s1. The zero-order chi connectivity index (χ0) is 17.6. The largest absolute Gasteiger partial charge is 0.442 e. The van der Waals surface area contributed by atoms with E-state index in [0.717, 1.165) is 22.7 Å². The predicted molar refractivity (Wildman–Crippen MR) is 95.8 cm³/mol. The number of hydrogen-bond donors (Lipinski definition) is 2. The van der Waals surface area contributed by atoms with E-state index in [4.69, 9.17) is 4.42 Å². The molecule has 0 aliphatic heterocycles. The average Bonchev–Trinajstić information content (AvgIpc) is 2.99. The molecule has 1 amide bonds. The number of rotatable bonds is 5. The molecule has 130 valence electrons. The molecular weight excluding hydrogens is 338 g/mol. The zero-order valence-electron chi connectivity index (χ0n) is 14.3. The van der Waals surface area contributed by atoms with Crippen LogP contribution in [0, 0.1) is 13.8 Å². The fourth-order valence-corrected chi connectivity index (χ4v) is 3.47. The molecule has 3 heterocycles. The minimum absolute atomic E-state index is 0.0403. The maximum absolute atomic E-state index is 12.8. The molecule has 8 heteroatoms. The van der Waals surface area contributed by atoms with E-state index in [2.05, 4.69) is 32.5 Å². The summed E-state index contributed by atoms with van der Waals surface area (Å²) in [5.41, 5.74) is 0.948. The number of aryl methyl sites for hydroxylation is 2. The summed E-state index contributed by atoms with van der Waals surface area (Å²) in [6, 6.07) is 0. The highest BCUT2D eigenvalue weighted by Crippen LogP contribution is 2.40. The highest BCUT2D eigenvalue weighted by molar-refractivity contribution is 7.11. The molecule has 0 radical (unpaired) electrons. The van der Waals surface area contributed by atoms with Crippen molar-refractivity contribution in [3.63, 3.8) is 0 Å². The van der Waals surface area contributed by atoms with Gasteiger partial charge in [-0.05, 0) is 33.6 Å². The van der Waals surface area contributed by atoms with E-state index in [1.165, 1.54) is 6.33 Å². The Bertz CT molecular complexity index is 957. The van der Waals surface area contributed by atoms with Crippen LogP contribution in [0.3, 0.4) is 0 Å². The highest BCUT2D eigenvalue weighted by atomic mass is 32.1. The van der Waals surface area contributed by atoms with Gasteiger partial charge in [-0.25, -0.2) is 15.0 Å². The number of hydrogen-bond acceptors (Lipinski definition) is 7. The van der Waals surface area contributed by atoms with Crippen LogP contribution in [0.15, 0.2) is 16.9 Å². The second-order valence-electron chi connectivity index (χ2n) is 6.67. The standard InChI is InChI=1S/C17H19N5O2S/c1-9-6-18-11(25-9)7-19-15(23)12-10(2)24-16-13(12)14(20-8-21-16)22-17(3)4-5-17/h6,8H,4-5,7H2,1-3H3,(H,19,23)(H,20,21,22). The molecule has 25 heavy (non-hydrogen) atoms. The number of anilines is 1. The molecule has 3 aromatic rings. The molecular formula is C17H19N5O2S. The number of fused-ring (bicyclic) bond motifs is 1. The van der Waals surface area contributed by atoms with Gasteiger partial charge in [-0.3, -0.25) is 4.79 Å². The molecule has 0 atom stereocenters. The van der Waals surface area contributed by atoms with Gasteiger partial charge in [0.1, 0.15) is 22.9 Å². The van der Waals surface area contributed by atoms with Gasteiger partial charge in [0.15, 0.2) is 0 Å². The number of aromatic nitrogens is 3. The summed E-state index contributed by atoms with van der Waals surface area (Å²) in [4.78, 5) is 26.7. The van der Waals surface area contributed by atoms with Crippen LogP contribution in [0.5, 0.6) is 0 Å². The van der Waals surface area contributed by atoms with Gasteiger partial charge in [0, 0.05) is 16.6 Å². The number of nitrogens with one attached hydrogen (secondary N) is 2. The van der Waals surface area contributed by atoms with Crippen molar-refractivity contribution in [3.8, 4) is 0 Å². The lowest BCUT2D eigenvalue weighted by molar-refractivity contribution is 0.0951. The van der Waals surface area contributed by atoms with Gasteiger partial charge >= 0.3 is 0 Å². The van der Waals surface area contributed by atoms with E-state index < -0.39 is 0 Å². The number of thiazole rings is 1. The number of furan rings is 1. The Kier molecular flexibility index (Phi) is 3.72. The number of carbonyl (C=O) groups excluding carboxylic acids is 1. The minimum Gasteiger partial charge on any atom is -0.442 e. The summed E-state index contributed by atoms with van der Waals surface area (Å²) in [5, 5.41) is 7.85. The summed E-state index contributed by atoms with van der Waals surface area (Å²) in [6.45, 7) is 6.28. The number of carbonyl (C=O) groups is 1. The molecule has 1 fully saturated rings. The quantitative estimate of drug-likeness (QED) is 0.728. The molecule has 0 aromatic carbocycles. The normalized spacial score (nSPS) is 15.3. The summed E-state index contributed by atoms with van der Waals surface area (Å²) in [5.74, 6) is 0.979. The third-order valence-electron chi connectivity index (χ3n) is 4.38. The van der Waals surface area contributed by atoms with E-state index in [1.807, 2.05) is 6.92 Å². The first-order valence-electron chi connectivity index (χ1n) is 8.17. The molecule has 0 bridgehead atoms. The summed E-state index contributed by atoms with van der Waals surface area (Å²) in [6.07, 6.45) is 5.43. The average molecular weight is 357 g/mol. The van der Waals surface area contributed by atoms with Crippen molar-refractivity contribution < 1.29 is 9.21 Å². The molecule has 1 saturated carbocycles. The van der Waals surface area contributed by atoms with Crippen molar-refractivity contribution in [2.24, 2.45) is 0 Å². The van der Waals surface area contributed by atoms with Gasteiger partial charge in [0.2, 0.25) is 5.71 Å². The third-order valence-corrected chi connectivity index (χ3v) is 5.29. The van der Waals surface area contributed by atoms with E-state index in [9.17, 15) is 4.79 Å². The molecule has 0 spiro atoms. The highest BCUT2D eigenvalue weighted by Gasteiger charge is 2.38. The molecule has 0 saturated heterocycles. The lowest BCUT2D eigenvalue weighted by Gasteiger charge is -2.13. The number of nitrogens with zero attached hydrogens (tertiary/aromatic N) is 3. The Balaban J connectivity index is 1.65. The van der Waals surface area contributed by atoms with Crippen LogP contribution in [-0.4, -0.2) is 26.4 Å². The van der Waals surface area contributed by atoms with Crippen molar-refractivity contribution in [1.29, 1.82) is 0 Å². The Hall–Kier alpha value is -2.48. The van der Waals surface area contributed by atoms with E-state index >= 15 is 0 Å². The Morgan fingerprint density at radius 2 is 2.12 bits per heavy atom. The van der Waals surface area contributed by atoms with Crippen molar-refractivity contribution in [1.82, 2.24) is 20.3 Å². The van der Waals surface area contributed by atoms with Crippen molar-refractivity contribution in [3.05, 3.63) is 33.7 Å². The first-order valence-corrected chi connectivity index (χ1v) is 8.99. The van der Waals surface area contributed by atoms with Gasteiger partial charge in [0.05, 0.1) is 17.5 Å². The van der Waals surface area contributed by atoms with Crippen molar-refractivity contribution in [2.45, 2.75) is 45.7 Å². The fraction of sp³-hybridized carbons (Fsp3) is 0.412. The molecule has 3 aromatic heterocycles. The van der Waals surface area contributed by atoms with Crippen molar-refractivity contribution in [2.75, 3.05) is 5.32 Å². The predicted octanol–water partition coefficient (Wildman–Crippen LogP) is 3.19. The second kappa shape index (κ2) is 5.80. The van der Waals surface area contributed by atoms with Crippen LogP contribution in [0.4, 0.5) is 5.82 Å². The lowest BCUT2D eigenvalue weighted by atomic mass is 10.1. The van der Waals surface area contributed by atoms with E-state index in [1.54, 1.807) is 24.5 Å². The van der Waals surface area contributed by atoms with Gasteiger partial charge in [-0.1, -0.05) is 0 Å². The lowest BCUT2D eigenvalue weighted by Crippen LogP contribution is -2.24. The molecule has 1 aliphatic rings. The topological polar surface area (TPSA) is 92.9 Å². The molecule has 7 nitrogen and oxygen atoms in total. The molecule has 4 rings (SSSR count). The molecule has 2 N–H and O–H groups in total.